The number of nitrogens with one attached hydrogen (secondary N) is 1. The minimum Gasteiger partial charge on any atom is -0.465 e. The van der Waals surface area contributed by atoms with Crippen LogP contribution in [0.4, 0.5) is 10.6 Å². The molecule has 2 aromatic rings. The predicted molar refractivity (Wildman–Crippen MR) is 81.3 cm³/mol. The Morgan fingerprint density at radius 1 is 1.52 bits per heavy atom. The van der Waals surface area contributed by atoms with Crippen molar-refractivity contribution in [2.75, 3.05) is 5.73 Å². The Morgan fingerprint density at radius 3 is 3.10 bits per heavy atom. The topological polar surface area (TPSA) is 106 Å². The Labute approximate surface area is 129 Å². The minimum atomic E-state index is -0.969. The first-order valence-corrected chi connectivity index (χ1v) is 7.63. The number of fused-ring (bicyclic) bond motifs is 1. The van der Waals surface area contributed by atoms with Crippen LogP contribution in [0.1, 0.15) is 37.4 Å². The highest BCUT2D eigenvalue weighted by Gasteiger charge is 2.28. The molecule has 1 aliphatic rings. The Kier molecular flexibility index (Phi) is 3.71. The highest BCUT2D eigenvalue weighted by Crippen LogP contribution is 2.35. The van der Waals surface area contributed by atoms with Gasteiger partial charge in [-0.05, 0) is 35.2 Å². The molecule has 21 heavy (non-hydrogen) atoms. The van der Waals surface area contributed by atoms with E-state index in [1.165, 1.54) is 0 Å². The summed E-state index contributed by atoms with van der Waals surface area (Å²) in [7, 11) is 0. The van der Waals surface area contributed by atoms with E-state index in [0.29, 0.717) is 10.4 Å². The number of rotatable bonds is 2. The standard InChI is InChI=1S/C13H16BrN5O2/c14-10-9-11(15)16-4-5-19(9)12(18-10)7-2-1-3-8(6-7)17-13(20)21/h4-5,7-8,17H,1-3,6H2,(H2,15,16)(H,20,21)/t7-,8-/m0/s1. The number of nitrogens with zero attached hydrogens (tertiary/aromatic N) is 3. The van der Waals surface area contributed by atoms with E-state index in [9.17, 15) is 4.79 Å². The maximum absolute atomic E-state index is 10.8. The molecule has 0 saturated heterocycles. The van der Waals surface area contributed by atoms with Crippen molar-refractivity contribution < 1.29 is 9.90 Å². The van der Waals surface area contributed by atoms with Crippen molar-refractivity contribution in [2.45, 2.75) is 37.6 Å². The van der Waals surface area contributed by atoms with Crippen molar-refractivity contribution in [3.8, 4) is 0 Å². The molecule has 0 aliphatic heterocycles. The summed E-state index contributed by atoms with van der Waals surface area (Å²) in [6.07, 6.45) is 6.11. The zero-order chi connectivity index (χ0) is 15.0. The van der Waals surface area contributed by atoms with E-state index in [4.69, 9.17) is 10.8 Å². The second-order valence-corrected chi connectivity index (χ2v) is 6.05. The molecule has 2 aromatic heterocycles. The SMILES string of the molecule is Nc1nccn2c([C@H]3CCC[C@H](NC(=O)O)C3)nc(Br)c12. The highest BCUT2D eigenvalue weighted by molar-refractivity contribution is 9.10. The third-order valence-corrected chi connectivity index (χ3v) is 4.49. The summed E-state index contributed by atoms with van der Waals surface area (Å²) >= 11 is 3.43. The van der Waals surface area contributed by atoms with Gasteiger partial charge in [0, 0.05) is 24.4 Å². The van der Waals surface area contributed by atoms with Gasteiger partial charge in [-0.3, -0.25) is 4.40 Å². The van der Waals surface area contributed by atoms with Crippen LogP contribution in [0.5, 0.6) is 0 Å². The van der Waals surface area contributed by atoms with Gasteiger partial charge >= 0.3 is 6.09 Å². The molecule has 0 spiro atoms. The second kappa shape index (κ2) is 5.51. The molecule has 0 bridgehead atoms. The largest absolute Gasteiger partial charge is 0.465 e. The summed E-state index contributed by atoms with van der Waals surface area (Å²) in [4.78, 5) is 19.5. The van der Waals surface area contributed by atoms with Crippen LogP contribution in [-0.2, 0) is 0 Å². The molecule has 1 saturated carbocycles. The van der Waals surface area contributed by atoms with Crippen molar-refractivity contribution in [3.63, 3.8) is 0 Å². The molecule has 112 valence electrons. The molecule has 3 rings (SSSR count). The number of imidazole rings is 1. The molecule has 1 amide bonds. The fraction of sp³-hybridized carbons (Fsp3) is 0.462. The zero-order valence-corrected chi connectivity index (χ0v) is 12.9. The first-order chi connectivity index (χ1) is 10.1. The van der Waals surface area contributed by atoms with Gasteiger partial charge in [0.15, 0.2) is 5.82 Å². The lowest BCUT2D eigenvalue weighted by molar-refractivity contribution is 0.184. The summed E-state index contributed by atoms with van der Waals surface area (Å²) in [6, 6.07) is -0.0217. The lowest BCUT2D eigenvalue weighted by Crippen LogP contribution is -2.37. The number of anilines is 1. The number of amides is 1. The van der Waals surface area contributed by atoms with E-state index in [0.717, 1.165) is 37.0 Å². The van der Waals surface area contributed by atoms with Crippen LogP contribution in [0.2, 0.25) is 0 Å². The number of carbonyl (C=O) groups is 1. The molecular formula is C13H16BrN5O2. The normalized spacial score (nSPS) is 22.3. The average molecular weight is 354 g/mol. The van der Waals surface area contributed by atoms with E-state index < -0.39 is 6.09 Å². The number of carboxylic acid groups (broad SMARTS) is 1. The van der Waals surface area contributed by atoms with Crippen LogP contribution in [0.3, 0.4) is 0 Å². The number of hydrogen-bond donors (Lipinski definition) is 3. The lowest BCUT2D eigenvalue weighted by atomic mass is 9.85. The van der Waals surface area contributed by atoms with Crippen molar-refractivity contribution in [1.82, 2.24) is 19.7 Å². The third kappa shape index (κ3) is 2.67. The first-order valence-electron chi connectivity index (χ1n) is 6.83. The predicted octanol–water partition coefficient (Wildman–Crippen LogP) is 2.37. The number of halogens is 1. The van der Waals surface area contributed by atoms with Gasteiger partial charge in [0.25, 0.3) is 0 Å². The van der Waals surface area contributed by atoms with E-state index >= 15 is 0 Å². The molecule has 2 heterocycles. The van der Waals surface area contributed by atoms with Gasteiger partial charge in [0.2, 0.25) is 0 Å². The zero-order valence-electron chi connectivity index (χ0n) is 11.3. The molecule has 2 atom stereocenters. The molecule has 7 nitrogen and oxygen atoms in total. The fourth-order valence-electron chi connectivity index (χ4n) is 3.06. The molecule has 4 N–H and O–H groups in total. The molecule has 1 fully saturated rings. The summed E-state index contributed by atoms with van der Waals surface area (Å²) < 4.78 is 2.62. The molecule has 8 heteroatoms. The third-order valence-electron chi connectivity index (χ3n) is 3.93. The summed E-state index contributed by atoms with van der Waals surface area (Å²) in [6.45, 7) is 0. The Morgan fingerprint density at radius 2 is 2.33 bits per heavy atom. The fourth-order valence-corrected chi connectivity index (χ4v) is 3.64. The first kappa shape index (κ1) is 14.1. The maximum Gasteiger partial charge on any atom is 0.404 e. The van der Waals surface area contributed by atoms with Crippen LogP contribution < -0.4 is 11.1 Å². The lowest BCUT2D eigenvalue weighted by Gasteiger charge is -2.28. The molecular weight excluding hydrogens is 338 g/mol. The van der Waals surface area contributed by atoms with E-state index in [1.807, 2.05) is 10.6 Å². The highest BCUT2D eigenvalue weighted by atomic mass is 79.9. The molecule has 1 aliphatic carbocycles. The van der Waals surface area contributed by atoms with Crippen LogP contribution in [-0.4, -0.2) is 31.6 Å². The quantitative estimate of drug-likeness (QED) is 0.768. The smallest absolute Gasteiger partial charge is 0.404 e. The van der Waals surface area contributed by atoms with Crippen molar-refractivity contribution in [1.29, 1.82) is 0 Å². The van der Waals surface area contributed by atoms with Crippen LogP contribution in [0, 0.1) is 0 Å². The monoisotopic (exact) mass is 353 g/mol. The summed E-state index contributed by atoms with van der Waals surface area (Å²) in [5.41, 5.74) is 6.67. The van der Waals surface area contributed by atoms with Crippen molar-refractivity contribution >= 4 is 33.4 Å². The van der Waals surface area contributed by atoms with Gasteiger partial charge in [-0.1, -0.05) is 6.42 Å². The number of aromatic nitrogens is 3. The number of hydrogen-bond acceptors (Lipinski definition) is 4. The van der Waals surface area contributed by atoms with Gasteiger partial charge in [-0.25, -0.2) is 14.8 Å². The van der Waals surface area contributed by atoms with Crippen LogP contribution in [0.25, 0.3) is 5.52 Å². The summed E-state index contributed by atoms with van der Waals surface area (Å²) in [5, 5.41) is 11.4. The van der Waals surface area contributed by atoms with E-state index in [1.54, 1.807) is 6.20 Å². The van der Waals surface area contributed by atoms with E-state index in [-0.39, 0.29) is 12.0 Å². The van der Waals surface area contributed by atoms with Gasteiger partial charge in [-0.2, -0.15) is 0 Å². The van der Waals surface area contributed by atoms with E-state index in [2.05, 4.69) is 31.2 Å². The van der Waals surface area contributed by atoms with Crippen LogP contribution in [0.15, 0.2) is 17.0 Å². The number of nitrogens with two attached hydrogens (primary N) is 1. The van der Waals surface area contributed by atoms with Gasteiger partial charge < -0.3 is 16.2 Å². The second-order valence-electron chi connectivity index (χ2n) is 5.30. The van der Waals surface area contributed by atoms with Gasteiger partial charge in [-0.15, -0.1) is 0 Å². The molecule has 0 unspecified atom stereocenters. The van der Waals surface area contributed by atoms with Crippen LogP contribution >= 0.6 is 15.9 Å². The summed E-state index contributed by atoms with van der Waals surface area (Å²) in [5.74, 6) is 1.54. The Balaban J connectivity index is 1.93. The van der Waals surface area contributed by atoms with Gasteiger partial charge in [0.05, 0.1) is 0 Å². The number of nitrogen functional groups attached to an aromatic ring is 1. The van der Waals surface area contributed by atoms with Crippen molar-refractivity contribution in [3.05, 3.63) is 22.8 Å². The Bertz CT molecular complexity index is 686. The minimum absolute atomic E-state index is 0.0217. The Hall–Kier alpha value is -1.83. The average Bonchev–Trinajstić information content (AvgIpc) is 2.77. The van der Waals surface area contributed by atoms with Crippen molar-refractivity contribution in [2.24, 2.45) is 0 Å². The van der Waals surface area contributed by atoms with Gasteiger partial charge in [0.1, 0.15) is 15.9 Å². The molecule has 0 aromatic carbocycles. The maximum atomic E-state index is 10.8. The molecule has 0 radical (unpaired) electrons.